The van der Waals surface area contributed by atoms with Crippen molar-refractivity contribution < 1.29 is 23.8 Å². The fourth-order valence-electron chi connectivity index (χ4n) is 3.32. The zero-order valence-corrected chi connectivity index (χ0v) is 18.7. The van der Waals surface area contributed by atoms with Crippen LogP contribution in [0.1, 0.15) is 0 Å². The first-order chi connectivity index (χ1) is 16.0. The first kappa shape index (κ1) is 22.1. The molecule has 0 bridgehead atoms. The fourth-order valence-corrected chi connectivity index (χ4v) is 3.53. The summed E-state index contributed by atoms with van der Waals surface area (Å²) in [6.45, 7) is 0. The van der Waals surface area contributed by atoms with Gasteiger partial charge in [-0.3, -0.25) is 0 Å². The first-order valence-corrected chi connectivity index (χ1v) is 10.1. The molecule has 1 aliphatic rings. The number of nitrogens with zero attached hydrogens (tertiary/aromatic N) is 4. The minimum atomic E-state index is -0.725. The number of hydrogen-bond donors (Lipinski definition) is 0. The van der Waals surface area contributed by atoms with Gasteiger partial charge in [0.25, 0.3) is 0 Å². The van der Waals surface area contributed by atoms with E-state index in [1.807, 2.05) is 0 Å². The maximum Gasteiger partial charge on any atom is 0.355 e. The van der Waals surface area contributed by atoms with Crippen molar-refractivity contribution in [2.75, 3.05) is 26.2 Å². The molecule has 0 radical (unpaired) electrons. The predicted octanol–water partition coefficient (Wildman–Crippen LogP) is 3.55. The lowest BCUT2D eigenvalue weighted by molar-refractivity contribution is -0.139. The number of fused-ring (bicyclic) bond motifs is 1. The Morgan fingerprint density at radius 3 is 2.52 bits per heavy atom. The summed E-state index contributed by atoms with van der Waals surface area (Å²) in [6, 6.07) is 8.75. The van der Waals surface area contributed by atoms with Gasteiger partial charge in [0, 0.05) is 17.8 Å². The van der Waals surface area contributed by atoms with Crippen LogP contribution in [0.3, 0.4) is 0 Å². The highest BCUT2D eigenvalue weighted by Crippen LogP contribution is 2.35. The molecule has 0 unspecified atom stereocenters. The molecule has 0 saturated carbocycles. The van der Waals surface area contributed by atoms with Crippen molar-refractivity contribution in [2.24, 2.45) is 0 Å². The summed E-state index contributed by atoms with van der Waals surface area (Å²) in [7, 11) is 4.01. The van der Waals surface area contributed by atoms with Gasteiger partial charge in [-0.1, -0.05) is 23.7 Å². The summed E-state index contributed by atoms with van der Waals surface area (Å²) in [6.07, 6.45) is 8.13. The molecule has 0 spiro atoms. The molecular formula is C23H19ClN4O5. The summed E-state index contributed by atoms with van der Waals surface area (Å²) in [4.78, 5) is 31.2. The standard InChI is InChI=1S/C23H19ClN4O5/c1-31-20-10-9-19-25-17(13-28(19)26-20)14-7-8-16(24)18(12-14)27-11-5-4-6-15(22(29)32-2)21(27)23(30)33-3/h4-13H,1-3H3. The van der Waals surface area contributed by atoms with Gasteiger partial charge in [0.2, 0.25) is 5.88 Å². The second-order valence-electron chi connectivity index (χ2n) is 6.79. The molecule has 1 aromatic carbocycles. The molecule has 168 valence electrons. The average molecular weight is 467 g/mol. The van der Waals surface area contributed by atoms with Gasteiger partial charge < -0.3 is 19.1 Å². The second kappa shape index (κ2) is 9.17. The van der Waals surface area contributed by atoms with E-state index in [2.05, 4.69) is 10.1 Å². The van der Waals surface area contributed by atoms with Gasteiger partial charge in [-0.25, -0.2) is 19.1 Å². The van der Waals surface area contributed by atoms with Gasteiger partial charge in [0.1, 0.15) is 5.70 Å². The van der Waals surface area contributed by atoms with Crippen LogP contribution in [0, 0.1) is 0 Å². The van der Waals surface area contributed by atoms with Crippen LogP contribution in [0.25, 0.3) is 16.9 Å². The largest absolute Gasteiger partial charge is 0.480 e. The second-order valence-corrected chi connectivity index (χ2v) is 7.19. The number of rotatable bonds is 5. The Morgan fingerprint density at radius 1 is 1.00 bits per heavy atom. The van der Waals surface area contributed by atoms with Crippen LogP contribution in [-0.2, 0) is 19.1 Å². The Labute approximate surface area is 194 Å². The normalized spacial score (nSPS) is 13.3. The lowest BCUT2D eigenvalue weighted by Gasteiger charge is -2.24. The van der Waals surface area contributed by atoms with Crippen LogP contribution in [0.2, 0.25) is 5.02 Å². The SMILES string of the molecule is COC(=O)C1=C(C(=O)OC)N(c2cc(-c3cn4nc(OC)ccc4n3)ccc2Cl)C=CC=C1. The number of halogens is 1. The molecule has 2 aromatic heterocycles. The number of benzene rings is 1. The van der Waals surface area contributed by atoms with Crippen molar-refractivity contribution in [2.45, 2.75) is 0 Å². The van der Waals surface area contributed by atoms with E-state index in [4.69, 9.17) is 25.8 Å². The smallest absolute Gasteiger partial charge is 0.355 e. The minimum absolute atomic E-state index is 0.0276. The molecule has 0 aliphatic carbocycles. The number of anilines is 1. The summed E-state index contributed by atoms with van der Waals surface area (Å²) >= 11 is 6.52. The number of carbonyl (C=O) groups excluding carboxylic acids is 2. The van der Waals surface area contributed by atoms with Gasteiger partial charge in [-0.05, 0) is 30.4 Å². The molecule has 1 aliphatic heterocycles. The third kappa shape index (κ3) is 4.18. The molecule has 3 aromatic rings. The zero-order chi connectivity index (χ0) is 23.5. The van der Waals surface area contributed by atoms with E-state index in [0.717, 1.165) is 0 Å². The monoisotopic (exact) mass is 466 g/mol. The van der Waals surface area contributed by atoms with E-state index < -0.39 is 11.9 Å². The third-order valence-corrected chi connectivity index (χ3v) is 5.21. The number of methoxy groups -OCH3 is 3. The van der Waals surface area contributed by atoms with Crippen molar-refractivity contribution in [3.8, 4) is 17.1 Å². The van der Waals surface area contributed by atoms with E-state index in [1.54, 1.807) is 59.4 Å². The summed E-state index contributed by atoms with van der Waals surface area (Å²) in [5.41, 5.74) is 2.41. The predicted molar refractivity (Wildman–Crippen MR) is 122 cm³/mol. The Hall–Kier alpha value is -4.11. The van der Waals surface area contributed by atoms with Gasteiger partial charge in [0.15, 0.2) is 5.65 Å². The summed E-state index contributed by atoms with van der Waals surface area (Å²) in [5, 5.41) is 4.67. The van der Waals surface area contributed by atoms with Gasteiger partial charge >= 0.3 is 11.9 Å². The van der Waals surface area contributed by atoms with Crippen LogP contribution in [0.5, 0.6) is 5.88 Å². The summed E-state index contributed by atoms with van der Waals surface area (Å²) in [5.74, 6) is -0.959. The molecule has 4 rings (SSSR count). The van der Waals surface area contributed by atoms with Crippen LogP contribution in [-0.4, -0.2) is 47.9 Å². The molecule has 0 atom stereocenters. The quantitative estimate of drug-likeness (QED) is 0.527. The summed E-state index contributed by atoms with van der Waals surface area (Å²) < 4.78 is 16.6. The van der Waals surface area contributed by atoms with Crippen molar-refractivity contribution in [1.29, 1.82) is 0 Å². The zero-order valence-electron chi connectivity index (χ0n) is 18.0. The number of ether oxygens (including phenoxy) is 3. The van der Waals surface area contributed by atoms with Crippen LogP contribution < -0.4 is 9.64 Å². The number of carbonyl (C=O) groups is 2. The van der Waals surface area contributed by atoms with Crippen molar-refractivity contribution >= 4 is 34.9 Å². The van der Waals surface area contributed by atoms with Crippen LogP contribution >= 0.6 is 11.6 Å². The van der Waals surface area contributed by atoms with E-state index in [1.165, 1.54) is 32.3 Å². The van der Waals surface area contributed by atoms with Crippen molar-refractivity contribution in [1.82, 2.24) is 14.6 Å². The number of aromatic nitrogens is 3. The molecular weight excluding hydrogens is 448 g/mol. The lowest BCUT2D eigenvalue weighted by atomic mass is 10.1. The molecule has 3 heterocycles. The van der Waals surface area contributed by atoms with Crippen LogP contribution in [0.4, 0.5) is 5.69 Å². The molecule has 0 amide bonds. The molecule has 33 heavy (non-hydrogen) atoms. The molecule has 9 nitrogen and oxygen atoms in total. The number of allylic oxidation sites excluding steroid dienone is 2. The number of imidazole rings is 1. The number of esters is 2. The van der Waals surface area contributed by atoms with Crippen molar-refractivity contribution in [3.05, 3.63) is 77.2 Å². The topological polar surface area (TPSA) is 95.3 Å². The van der Waals surface area contributed by atoms with Crippen molar-refractivity contribution in [3.63, 3.8) is 0 Å². The van der Waals surface area contributed by atoms with Gasteiger partial charge in [-0.15, -0.1) is 5.10 Å². The van der Waals surface area contributed by atoms with E-state index in [-0.39, 0.29) is 11.3 Å². The fraction of sp³-hybridized carbons (Fsp3) is 0.130. The Morgan fingerprint density at radius 2 is 1.79 bits per heavy atom. The number of hydrogen-bond acceptors (Lipinski definition) is 8. The van der Waals surface area contributed by atoms with E-state index in [0.29, 0.717) is 33.5 Å². The highest BCUT2D eigenvalue weighted by atomic mass is 35.5. The Balaban J connectivity index is 1.86. The Kier molecular flexibility index (Phi) is 6.14. The lowest BCUT2D eigenvalue weighted by Crippen LogP contribution is -2.27. The van der Waals surface area contributed by atoms with E-state index >= 15 is 0 Å². The first-order valence-electron chi connectivity index (χ1n) is 9.72. The highest BCUT2D eigenvalue weighted by Gasteiger charge is 2.28. The molecule has 0 N–H and O–H groups in total. The highest BCUT2D eigenvalue weighted by molar-refractivity contribution is 6.33. The molecule has 0 saturated heterocycles. The van der Waals surface area contributed by atoms with Gasteiger partial charge in [-0.2, -0.15) is 0 Å². The minimum Gasteiger partial charge on any atom is -0.480 e. The molecule has 0 fully saturated rings. The third-order valence-electron chi connectivity index (χ3n) is 4.90. The van der Waals surface area contributed by atoms with Crippen LogP contribution in [0.15, 0.2) is 72.2 Å². The van der Waals surface area contributed by atoms with Gasteiger partial charge in [0.05, 0.1) is 49.5 Å². The maximum atomic E-state index is 12.7. The van der Waals surface area contributed by atoms with E-state index in [9.17, 15) is 9.59 Å². The molecule has 10 heteroatoms. The maximum absolute atomic E-state index is 12.7. The average Bonchev–Trinajstić information content (AvgIpc) is 3.14. The Bertz CT molecular complexity index is 1340.